The lowest BCUT2D eigenvalue weighted by Gasteiger charge is -2.08. The molecule has 0 atom stereocenters. The number of thioether (sulfide) groups is 1. The van der Waals surface area contributed by atoms with Gasteiger partial charge in [0, 0.05) is 18.6 Å². The van der Waals surface area contributed by atoms with E-state index in [2.05, 4.69) is 43.8 Å². The standard InChI is InChI=1S/C14H12BrIN2OS/c15-10-7-9(17)5-6-13(10)20-8-14(19)18-12-4-2-1-3-11(12)16/h1-7H,8,17H2,(H,18,19). The van der Waals surface area contributed by atoms with Crippen LogP contribution in [0.2, 0.25) is 0 Å². The van der Waals surface area contributed by atoms with E-state index in [1.807, 2.05) is 42.5 Å². The molecule has 2 aromatic carbocycles. The number of hydrogen-bond acceptors (Lipinski definition) is 3. The van der Waals surface area contributed by atoms with Gasteiger partial charge in [0.2, 0.25) is 5.91 Å². The first-order valence-electron chi connectivity index (χ1n) is 5.78. The third-order valence-electron chi connectivity index (χ3n) is 2.46. The fourth-order valence-corrected chi connectivity index (χ4v) is 3.51. The average Bonchev–Trinajstić information content (AvgIpc) is 2.40. The Morgan fingerprint density at radius 1 is 1.30 bits per heavy atom. The fourth-order valence-electron chi connectivity index (χ4n) is 1.53. The zero-order chi connectivity index (χ0) is 14.5. The van der Waals surface area contributed by atoms with Crippen LogP contribution >= 0.6 is 50.3 Å². The number of nitrogens with one attached hydrogen (secondary N) is 1. The van der Waals surface area contributed by atoms with Crippen molar-refractivity contribution in [3.8, 4) is 0 Å². The van der Waals surface area contributed by atoms with Crippen LogP contribution in [0.4, 0.5) is 11.4 Å². The summed E-state index contributed by atoms with van der Waals surface area (Å²) < 4.78 is 1.93. The van der Waals surface area contributed by atoms with Crippen molar-refractivity contribution in [1.82, 2.24) is 0 Å². The van der Waals surface area contributed by atoms with Gasteiger partial charge in [0.15, 0.2) is 0 Å². The second kappa shape index (κ2) is 7.33. The highest BCUT2D eigenvalue weighted by molar-refractivity contribution is 14.1. The largest absolute Gasteiger partial charge is 0.399 e. The summed E-state index contributed by atoms with van der Waals surface area (Å²) in [4.78, 5) is 12.9. The molecule has 0 saturated carbocycles. The number of amides is 1. The van der Waals surface area contributed by atoms with Gasteiger partial charge in [-0.2, -0.15) is 0 Å². The molecule has 0 saturated heterocycles. The first kappa shape index (κ1) is 15.7. The molecule has 3 N–H and O–H groups in total. The van der Waals surface area contributed by atoms with Crippen molar-refractivity contribution in [2.75, 3.05) is 16.8 Å². The number of benzene rings is 2. The Hall–Kier alpha value is -0.730. The van der Waals surface area contributed by atoms with Crippen LogP contribution in [0.3, 0.4) is 0 Å². The molecule has 0 bridgehead atoms. The Kier molecular flexibility index (Phi) is 5.74. The molecule has 0 aliphatic carbocycles. The SMILES string of the molecule is Nc1ccc(SCC(=O)Nc2ccccc2I)c(Br)c1. The van der Waals surface area contributed by atoms with Crippen LogP contribution in [0.25, 0.3) is 0 Å². The maximum absolute atomic E-state index is 11.9. The van der Waals surface area contributed by atoms with Crippen LogP contribution in [0.1, 0.15) is 0 Å². The third-order valence-corrected chi connectivity index (χ3v) is 5.40. The Bertz CT molecular complexity index is 636. The molecule has 0 aliphatic rings. The van der Waals surface area contributed by atoms with Gasteiger partial charge in [0.1, 0.15) is 0 Å². The van der Waals surface area contributed by atoms with Gasteiger partial charge < -0.3 is 11.1 Å². The molecule has 3 nitrogen and oxygen atoms in total. The lowest BCUT2D eigenvalue weighted by atomic mass is 10.3. The predicted molar refractivity (Wildman–Crippen MR) is 97.1 cm³/mol. The number of nitrogens with two attached hydrogens (primary N) is 1. The van der Waals surface area contributed by atoms with Crippen LogP contribution in [0.15, 0.2) is 51.8 Å². The lowest BCUT2D eigenvalue weighted by Crippen LogP contribution is -2.14. The van der Waals surface area contributed by atoms with Gasteiger partial charge in [0.25, 0.3) is 0 Å². The summed E-state index contributed by atoms with van der Waals surface area (Å²) in [5.74, 6) is 0.330. The van der Waals surface area contributed by atoms with Gasteiger partial charge in [0.05, 0.1) is 11.4 Å². The van der Waals surface area contributed by atoms with E-state index in [-0.39, 0.29) is 5.91 Å². The minimum atomic E-state index is -0.0251. The summed E-state index contributed by atoms with van der Waals surface area (Å²) in [5.41, 5.74) is 7.22. The van der Waals surface area contributed by atoms with Crippen LogP contribution in [0, 0.1) is 3.57 Å². The summed E-state index contributed by atoms with van der Waals surface area (Å²) in [6.07, 6.45) is 0. The normalized spacial score (nSPS) is 10.3. The number of anilines is 2. The Morgan fingerprint density at radius 2 is 2.05 bits per heavy atom. The van der Waals surface area contributed by atoms with Gasteiger partial charge in [-0.15, -0.1) is 11.8 Å². The highest BCUT2D eigenvalue weighted by Gasteiger charge is 2.07. The highest BCUT2D eigenvalue weighted by Crippen LogP contribution is 2.29. The molecule has 0 heterocycles. The molecule has 2 aromatic rings. The van der Waals surface area contributed by atoms with E-state index in [0.29, 0.717) is 11.4 Å². The molecule has 2 rings (SSSR count). The molecule has 0 aliphatic heterocycles. The van der Waals surface area contributed by atoms with Crippen molar-refractivity contribution < 1.29 is 4.79 Å². The smallest absolute Gasteiger partial charge is 0.234 e. The van der Waals surface area contributed by atoms with Gasteiger partial charge in [-0.25, -0.2) is 0 Å². The van der Waals surface area contributed by atoms with E-state index >= 15 is 0 Å². The number of rotatable bonds is 4. The Balaban J connectivity index is 1.94. The molecule has 0 fully saturated rings. The van der Waals surface area contributed by atoms with Crippen molar-refractivity contribution in [2.24, 2.45) is 0 Å². The summed E-state index contributed by atoms with van der Waals surface area (Å²) in [5, 5.41) is 2.90. The summed E-state index contributed by atoms with van der Waals surface area (Å²) in [6.45, 7) is 0. The van der Waals surface area contributed by atoms with Gasteiger partial charge in [-0.05, 0) is 68.9 Å². The average molecular weight is 463 g/mol. The van der Waals surface area contributed by atoms with Gasteiger partial charge in [-0.1, -0.05) is 12.1 Å². The van der Waals surface area contributed by atoms with E-state index in [1.165, 1.54) is 11.8 Å². The van der Waals surface area contributed by atoms with Gasteiger partial charge >= 0.3 is 0 Å². The topological polar surface area (TPSA) is 55.1 Å². The van der Waals surface area contributed by atoms with E-state index in [0.717, 1.165) is 18.6 Å². The monoisotopic (exact) mass is 462 g/mol. The first-order chi connectivity index (χ1) is 9.56. The second-order valence-corrected chi connectivity index (χ2v) is 7.04. The molecule has 6 heteroatoms. The van der Waals surface area contributed by atoms with Crippen LogP contribution in [-0.2, 0) is 4.79 Å². The molecule has 0 aromatic heterocycles. The minimum Gasteiger partial charge on any atom is -0.399 e. The number of para-hydroxylation sites is 1. The fraction of sp³-hybridized carbons (Fsp3) is 0.0714. The number of carbonyl (C=O) groups excluding carboxylic acids is 1. The lowest BCUT2D eigenvalue weighted by molar-refractivity contribution is -0.113. The van der Waals surface area contributed by atoms with Crippen LogP contribution in [-0.4, -0.2) is 11.7 Å². The van der Waals surface area contributed by atoms with Gasteiger partial charge in [-0.3, -0.25) is 4.79 Å². The van der Waals surface area contributed by atoms with E-state index in [9.17, 15) is 4.79 Å². The molecule has 0 spiro atoms. The third kappa shape index (κ3) is 4.39. The zero-order valence-corrected chi connectivity index (χ0v) is 15.0. The molecular formula is C14H12BrIN2OS. The minimum absolute atomic E-state index is 0.0251. The summed E-state index contributed by atoms with van der Waals surface area (Å²) in [7, 11) is 0. The Labute approximate surface area is 144 Å². The quantitative estimate of drug-likeness (QED) is 0.403. The van der Waals surface area contributed by atoms with Crippen LogP contribution < -0.4 is 11.1 Å². The molecule has 0 radical (unpaired) electrons. The zero-order valence-electron chi connectivity index (χ0n) is 10.4. The van der Waals surface area contributed by atoms with Crippen molar-refractivity contribution in [1.29, 1.82) is 0 Å². The van der Waals surface area contributed by atoms with Crippen molar-refractivity contribution in [3.05, 3.63) is 50.5 Å². The van der Waals surface area contributed by atoms with Crippen LogP contribution in [0.5, 0.6) is 0 Å². The van der Waals surface area contributed by atoms with E-state index in [4.69, 9.17) is 5.73 Å². The number of carbonyl (C=O) groups is 1. The maximum atomic E-state index is 11.9. The molecule has 0 unspecified atom stereocenters. The molecule has 104 valence electrons. The van der Waals surface area contributed by atoms with E-state index in [1.54, 1.807) is 0 Å². The van der Waals surface area contributed by atoms with Crippen molar-refractivity contribution in [2.45, 2.75) is 4.90 Å². The molecular weight excluding hydrogens is 451 g/mol. The second-order valence-electron chi connectivity index (χ2n) is 4.01. The summed E-state index contributed by atoms with van der Waals surface area (Å²) >= 11 is 7.11. The summed E-state index contributed by atoms with van der Waals surface area (Å²) in [6, 6.07) is 13.3. The highest BCUT2D eigenvalue weighted by atomic mass is 127. The number of hydrogen-bond donors (Lipinski definition) is 2. The maximum Gasteiger partial charge on any atom is 0.234 e. The van der Waals surface area contributed by atoms with Crippen molar-refractivity contribution >= 4 is 67.6 Å². The van der Waals surface area contributed by atoms with E-state index < -0.39 is 0 Å². The number of nitrogen functional groups attached to an aromatic ring is 1. The number of halogens is 2. The van der Waals surface area contributed by atoms with Crippen molar-refractivity contribution in [3.63, 3.8) is 0 Å². The predicted octanol–water partition coefficient (Wildman–Crippen LogP) is 4.37. The Morgan fingerprint density at radius 3 is 2.75 bits per heavy atom. The first-order valence-corrected chi connectivity index (χ1v) is 8.64. The molecule has 20 heavy (non-hydrogen) atoms. The molecule has 1 amide bonds.